The molecule has 1 saturated heterocycles. The molecule has 1 aliphatic rings. The van der Waals surface area contributed by atoms with Crippen LogP contribution in [0.1, 0.15) is 46.1 Å². The summed E-state index contributed by atoms with van der Waals surface area (Å²) in [6.45, 7) is 15.4. The van der Waals surface area contributed by atoms with Gasteiger partial charge < -0.3 is 9.80 Å². The third-order valence-corrected chi connectivity index (χ3v) is 7.09. The van der Waals surface area contributed by atoms with Crippen molar-refractivity contribution in [2.24, 2.45) is 0 Å². The smallest absolute Gasteiger partial charge is 0.0852 e. The summed E-state index contributed by atoms with van der Waals surface area (Å²) in [6, 6.07) is 18.8. The van der Waals surface area contributed by atoms with Crippen LogP contribution in [-0.4, -0.2) is 73.1 Å². The van der Waals surface area contributed by atoms with Gasteiger partial charge in [0.05, 0.1) is 11.5 Å². The average Bonchev–Trinajstić information content (AvgIpc) is 2.76. The van der Waals surface area contributed by atoms with Gasteiger partial charge in [-0.3, -0.25) is 4.90 Å². The van der Waals surface area contributed by atoms with E-state index in [1.807, 2.05) is 0 Å². The van der Waals surface area contributed by atoms with Crippen molar-refractivity contribution in [1.82, 2.24) is 14.7 Å². The Morgan fingerprint density at radius 1 is 0.935 bits per heavy atom. The van der Waals surface area contributed by atoms with Crippen LogP contribution >= 0.6 is 0 Å². The standard InChI is InChI=1S/C27H40N4/c1-22(2)31(23(3)4)16-14-27(21-28,13-15-30-19-17-29(5)18-20-30)26-12-8-10-24-9-6-7-11-25(24)26/h6-12,22-23H,13-20H2,1-5H3. The first-order chi connectivity index (χ1) is 14.9. The number of fused-ring (bicyclic) bond motifs is 1. The lowest BCUT2D eigenvalue weighted by Gasteiger charge is -2.38. The Morgan fingerprint density at radius 3 is 2.23 bits per heavy atom. The molecule has 0 amide bonds. The molecule has 0 aliphatic carbocycles. The zero-order valence-electron chi connectivity index (χ0n) is 20.1. The van der Waals surface area contributed by atoms with E-state index in [-0.39, 0.29) is 0 Å². The number of piperazine rings is 1. The van der Waals surface area contributed by atoms with Gasteiger partial charge in [0.1, 0.15) is 0 Å². The van der Waals surface area contributed by atoms with Gasteiger partial charge in [0.2, 0.25) is 0 Å². The van der Waals surface area contributed by atoms with Crippen LogP contribution in [0.3, 0.4) is 0 Å². The quantitative estimate of drug-likeness (QED) is 0.586. The number of likely N-dealkylation sites (N-methyl/N-ethyl adjacent to an activating group) is 1. The van der Waals surface area contributed by atoms with E-state index < -0.39 is 5.41 Å². The normalized spacial score (nSPS) is 18.0. The molecule has 3 rings (SSSR count). The molecule has 31 heavy (non-hydrogen) atoms. The molecule has 1 fully saturated rings. The van der Waals surface area contributed by atoms with Gasteiger partial charge >= 0.3 is 0 Å². The molecule has 0 bridgehead atoms. The molecule has 4 nitrogen and oxygen atoms in total. The highest BCUT2D eigenvalue weighted by Crippen LogP contribution is 2.37. The molecule has 1 aliphatic heterocycles. The average molecular weight is 421 g/mol. The van der Waals surface area contributed by atoms with Crippen molar-refractivity contribution in [3.8, 4) is 6.07 Å². The van der Waals surface area contributed by atoms with Crippen LogP contribution in [0.5, 0.6) is 0 Å². The first kappa shape index (κ1) is 23.7. The third-order valence-electron chi connectivity index (χ3n) is 7.09. The number of rotatable bonds is 9. The van der Waals surface area contributed by atoms with Crippen LogP contribution in [0.15, 0.2) is 42.5 Å². The molecule has 2 aromatic rings. The number of hydrogen-bond donors (Lipinski definition) is 0. The molecule has 4 heteroatoms. The minimum absolute atomic E-state index is 0.474. The summed E-state index contributed by atoms with van der Waals surface area (Å²) >= 11 is 0. The molecule has 0 saturated carbocycles. The van der Waals surface area contributed by atoms with Gasteiger partial charge in [-0.05, 0) is 63.9 Å². The molecule has 1 unspecified atom stereocenters. The zero-order valence-corrected chi connectivity index (χ0v) is 20.1. The van der Waals surface area contributed by atoms with Crippen molar-refractivity contribution in [2.75, 3.05) is 46.3 Å². The van der Waals surface area contributed by atoms with Gasteiger partial charge in [-0.1, -0.05) is 42.5 Å². The molecular formula is C27H40N4. The van der Waals surface area contributed by atoms with Crippen LogP contribution in [0.25, 0.3) is 10.8 Å². The van der Waals surface area contributed by atoms with E-state index >= 15 is 0 Å². The number of hydrogen-bond acceptors (Lipinski definition) is 4. The van der Waals surface area contributed by atoms with Crippen molar-refractivity contribution in [3.05, 3.63) is 48.0 Å². The monoisotopic (exact) mass is 420 g/mol. The predicted octanol–water partition coefficient (Wildman–Crippen LogP) is 4.75. The summed E-state index contributed by atoms with van der Waals surface area (Å²) in [5.41, 5.74) is 0.723. The highest BCUT2D eigenvalue weighted by atomic mass is 15.2. The Balaban J connectivity index is 1.92. The second kappa shape index (κ2) is 10.6. The molecule has 2 aromatic carbocycles. The Bertz CT molecular complexity index is 863. The lowest BCUT2D eigenvalue weighted by molar-refractivity contribution is 0.137. The lowest BCUT2D eigenvalue weighted by atomic mass is 9.74. The molecule has 0 aromatic heterocycles. The minimum atomic E-state index is -0.480. The maximum absolute atomic E-state index is 10.7. The van der Waals surface area contributed by atoms with Crippen molar-refractivity contribution >= 4 is 10.8 Å². The fourth-order valence-electron chi connectivity index (χ4n) is 5.06. The first-order valence-electron chi connectivity index (χ1n) is 11.9. The second-order valence-corrected chi connectivity index (χ2v) is 9.79. The maximum Gasteiger partial charge on any atom is 0.0852 e. The zero-order chi connectivity index (χ0) is 22.4. The topological polar surface area (TPSA) is 33.5 Å². The Kier molecular flexibility index (Phi) is 8.11. The lowest BCUT2D eigenvalue weighted by Crippen LogP contribution is -2.46. The van der Waals surface area contributed by atoms with E-state index in [1.54, 1.807) is 0 Å². The van der Waals surface area contributed by atoms with Crippen LogP contribution in [0.4, 0.5) is 0 Å². The van der Waals surface area contributed by atoms with Gasteiger partial charge in [-0.2, -0.15) is 5.26 Å². The van der Waals surface area contributed by atoms with Gasteiger partial charge in [0.25, 0.3) is 0 Å². The van der Waals surface area contributed by atoms with Crippen molar-refractivity contribution in [3.63, 3.8) is 0 Å². The van der Waals surface area contributed by atoms with E-state index in [0.717, 1.165) is 52.1 Å². The van der Waals surface area contributed by atoms with Gasteiger partial charge in [-0.25, -0.2) is 0 Å². The van der Waals surface area contributed by atoms with Crippen molar-refractivity contribution < 1.29 is 0 Å². The number of benzene rings is 2. The largest absolute Gasteiger partial charge is 0.304 e. The Hall–Kier alpha value is -1.93. The molecule has 1 atom stereocenters. The van der Waals surface area contributed by atoms with Crippen molar-refractivity contribution in [1.29, 1.82) is 5.26 Å². The highest BCUT2D eigenvalue weighted by Gasteiger charge is 2.35. The van der Waals surface area contributed by atoms with E-state index in [2.05, 4.69) is 98.0 Å². The Morgan fingerprint density at radius 2 is 1.58 bits per heavy atom. The van der Waals surface area contributed by atoms with E-state index in [1.165, 1.54) is 16.3 Å². The third kappa shape index (κ3) is 5.66. The molecular weight excluding hydrogens is 380 g/mol. The molecule has 0 spiro atoms. The van der Waals surface area contributed by atoms with Gasteiger partial charge in [0.15, 0.2) is 0 Å². The number of nitrogens with zero attached hydrogens (tertiary/aromatic N) is 4. The predicted molar refractivity (Wildman–Crippen MR) is 131 cm³/mol. The van der Waals surface area contributed by atoms with Crippen LogP contribution in [-0.2, 0) is 5.41 Å². The Labute approximate surface area is 189 Å². The molecule has 0 N–H and O–H groups in total. The number of nitriles is 1. The summed E-state index contributed by atoms with van der Waals surface area (Å²) < 4.78 is 0. The van der Waals surface area contributed by atoms with Crippen LogP contribution in [0.2, 0.25) is 0 Å². The van der Waals surface area contributed by atoms with E-state index in [0.29, 0.717) is 12.1 Å². The minimum Gasteiger partial charge on any atom is -0.304 e. The molecule has 168 valence electrons. The summed E-state index contributed by atoms with van der Waals surface area (Å²) in [7, 11) is 2.19. The fraction of sp³-hybridized carbons (Fsp3) is 0.593. The second-order valence-electron chi connectivity index (χ2n) is 9.79. The summed E-state index contributed by atoms with van der Waals surface area (Å²) in [5.74, 6) is 0. The summed E-state index contributed by atoms with van der Waals surface area (Å²) in [6.07, 6.45) is 1.74. The highest BCUT2D eigenvalue weighted by molar-refractivity contribution is 5.87. The summed E-state index contributed by atoms with van der Waals surface area (Å²) in [5, 5.41) is 13.1. The molecule has 0 radical (unpaired) electrons. The summed E-state index contributed by atoms with van der Waals surface area (Å²) in [4.78, 5) is 7.45. The van der Waals surface area contributed by atoms with Crippen LogP contribution in [0, 0.1) is 11.3 Å². The van der Waals surface area contributed by atoms with Gasteiger partial charge in [-0.15, -0.1) is 0 Å². The fourth-order valence-corrected chi connectivity index (χ4v) is 5.06. The maximum atomic E-state index is 10.7. The first-order valence-corrected chi connectivity index (χ1v) is 11.9. The molecule has 1 heterocycles. The van der Waals surface area contributed by atoms with E-state index in [4.69, 9.17) is 0 Å². The van der Waals surface area contributed by atoms with Crippen molar-refractivity contribution in [2.45, 2.75) is 58.0 Å². The van der Waals surface area contributed by atoms with E-state index in [9.17, 15) is 5.26 Å². The van der Waals surface area contributed by atoms with Crippen LogP contribution < -0.4 is 0 Å². The SMILES string of the molecule is CC(C)N(CCC(C#N)(CCN1CCN(C)CC1)c1cccc2ccccc12)C(C)C. The van der Waals surface area contributed by atoms with Gasteiger partial charge in [0, 0.05) is 51.4 Å².